The van der Waals surface area contributed by atoms with Crippen LogP contribution in [-0.4, -0.2) is 81.9 Å². The standard InChI is InChI=1S/2ClH.2O.3Pb/h2*1H;;;;;/q;;2*-2;3*+2/p-2. The van der Waals surface area contributed by atoms with Crippen LogP contribution >= 0.6 is 0 Å². The Kier molecular flexibility index (Phi) is 701. The predicted molar refractivity (Wildman–Crippen MR) is 18.6 cm³/mol. The number of rotatable bonds is 0. The Morgan fingerprint density at radius 2 is 0.429 bits per heavy atom. The van der Waals surface area contributed by atoms with Crippen molar-refractivity contribution in [3.8, 4) is 0 Å². The van der Waals surface area contributed by atoms with Crippen LogP contribution in [0.15, 0.2) is 0 Å². The van der Waals surface area contributed by atoms with Crippen LogP contribution in [0.4, 0.5) is 0 Å². The van der Waals surface area contributed by atoms with Crippen molar-refractivity contribution in [2.75, 3.05) is 0 Å². The average Bonchev–Trinajstić information content (AvgIpc) is 0. The fourth-order valence-electron chi connectivity index (χ4n) is 0. The van der Waals surface area contributed by atoms with Crippen LogP contribution in [0.3, 0.4) is 0 Å². The molecule has 0 amide bonds. The minimum Gasteiger partial charge on any atom is -2.00 e. The van der Waals surface area contributed by atoms with Gasteiger partial charge in [0.15, 0.2) is 0 Å². The van der Waals surface area contributed by atoms with Gasteiger partial charge in [0, 0.05) is 0 Å². The van der Waals surface area contributed by atoms with Crippen LogP contribution in [0.1, 0.15) is 0 Å². The minimum atomic E-state index is 0. The fourth-order valence-corrected chi connectivity index (χ4v) is 0. The minimum absolute atomic E-state index is 0. The molecule has 0 aromatic heterocycles. The van der Waals surface area contributed by atoms with Gasteiger partial charge in [0.25, 0.3) is 0 Å². The van der Waals surface area contributed by atoms with Crippen molar-refractivity contribution in [3.05, 3.63) is 0 Å². The van der Waals surface area contributed by atoms with Crippen LogP contribution in [0, 0.1) is 0 Å². The van der Waals surface area contributed by atoms with Crippen LogP contribution in [0.25, 0.3) is 0 Å². The maximum absolute atomic E-state index is 0. The second-order valence-electron chi connectivity index (χ2n) is 0. The number of halogens is 2. The number of hydrogen-bond acceptors (Lipinski definition) is 0. The summed E-state index contributed by atoms with van der Waals surface area (Å²) < 4.78 is 0. The first kappa shape index (κ1) is 82.6. The molecule has 0 bridgehead atoms. The Bertz CT molecular complexity index is 10.9. The SMILES string of the molecule is [Cl-].[Cl-].[O-2].[O-2].[Pb+2].[Pb+2].[Pb+2]. The van der Waals surface area contributed by atoms with E-state index in [1.165, 1.54) is 0 Å². The van der Waals surface area contributed by atoms with Gasteiger partial charge in [0.1, 0.15) is 0 Å². The van der Waals surface area contributed by atoms with E-state index >= 15 is 0 Å². The van der Waals surface area contributed by atoms with Crippen molar-refractivity contribution in [1.29, 1.82) is 0 Å². The Balaban J connectivity index is 0. The van der Waals surface area contributed by atoms with Gasteiger partial charge in [-0.25, -0.2) is 0 Å². The third-order valence-corrected chi connectivity index (χ3v) is 0. The Labute approximate surface area is 115 Å². The van der Waals surface area contributed by atoms with E-state index in [1.807, 2.05) is 0 Å². The van der Waals surface area contributed by atoms with Crippen molar-refractivity contribution in [2.24, 2.45) is 0 Å². The molecular formula is Cl2O2Pb3. The summed E-state index contributed by atoms with van der Waals surface area (Å²) in [4.78, 5) is 0. The monoisotopic (exact) mass is 726 g/mol. The normalized spacial score (nSPS) is 0. The molecule has 0 rings (SSSR count). The first-order valence-electron chi connectivity index (χ1n) is 0. The molecule has 0 saturated carbocycles. The van der Waals surface area contributed by atoms with Crippen molar-refractivity contribution in [3.63, 3.8) is 0 Å². The van der Waals surface area contributed by atoms with Gasteiger partial charge >= 0.3 is 81.9 Å². The Morgan fingerprint density at radius 3 is 0.429 bits per heavy atom. The second kappa shape index (κ2) is 59.4. The predicted octanol–water partition coefficient (Wildman–Crippen LogP) is -7.37. The molecule has 0 fully saturated rings. The summed E-state index contributed by atoms with van der Waals surface area (Å²) in [5.41, 5.74) is 0. The summed E-state index contributed by atoms with van der Waals surface area (Å²) in [5, 5.41) is 0. The van der Waals surface area contributed by atoms with E-state index in [0.717, 1.165) is 0 Å². The largest absolute Gasteiger partial charge is 2.00 e. The van der Waals surface area contributed by atoms with Gasteiger partial charge in [0.05, 0.1) is 0 Å². The molecule has 0 N–H and O–H groups in total. The molecule has 7 heteroatoms. The van der Waals surface area contributed by atoms with Gasteiger partial charge in [-0.05, 0) is 0 Å². The molecule has 0 atom stereocenters. The zero-order chi connectivity index (χ0) is 0. The van der Waals surface area contributed by atoms with Gasteiger partial charge in [-0.1, -0.05) is 0 Å². The second-order valence-corrected chi connectivity index (χ2v) is 0. The average molecular weight is 725 g/mol. The molecule has 0 unspecified atom stereocenters. The summed E-state index contributed by atoms with van der Waals surface area (Å²) in [6.07, 6.45) is 0. The first-order valence-corrected chi connectivity index (χ1v) is 0. The molecule has 0 aliphatic carbocycles. The first-order chi connectivity index (χ1) is 0. The quantitative estimate of drug-likeness (QED) is 0.224. The summed E-state index contributed by atoms with van der Waals surface area (Å²) in [5.74, 6) is 0. The fraction of sp³-hybridized carbons (Fsp3) is 0. The smallest absolute Gasteiger partial charge is 2.00 e. The topological polar surface area (TPSA) is 57.0 Å². The van der Waals surface area contributed by atoms with Crippen molar-refractivity contribution in [2.45, 2.75) is 0 Å². The van der Waals surface area contributed by atoms with Gasteiger partial charge in [-0.2, -0.15) is 0 Å². The van der Waals surface area contributed by atoms with Gasteiger partial charge in [-0.15, -0.1) is 0 Å². The zero-order valence-corrected chi connectivity index (χ0v) is 16.2. The third-order valence-electron chi connectivity index (χ3n) is 0. The number of hydrogen-bond donors (Lipinski definition) is 0. The van der Waals surface area contributed by atoms with Gasteiger partial charge in [-0.3, -0.25) is 0 Å². The van der Waals surface area contributed by atoms with Crippen molar-refractivity contribution >= 4 is 81.9 Å². The van der Waals surface area contributed by atoms with E-state index in [9.17, 15) is 0 Å². The molecular weight excluding hydrogens is 725 g/mol. The summed E-state index contributed by atoms with van der Waals surface area (Å²) in [7, 11) is 0. The molecule has 0 aliphatic heterocycles. The van der Waals surface area contributed by atoms with E-state index in [2.05, 4.69) is 0 Å². The Hall–Kier alpha value is 3.27. The molecule has 38 valence electrons. The molecule has 0 aromatic rings. The summed E-state index contributed by atoms with van der Waals surface area (Å²) >= 11 is 0. The van der Waals surface area contributed by atoms with E-state index in [1.54, 1.807) is 0 Å². The van der Waals surface area contributed by atoms with Crippen LogP contribution in [0.5, 0.6) is 0 Å². The van der Waals surface area contributed by atoms with E-state index < -0.39 is 0 Å². The zero-order valence-electron chi connectivity index (χ0n) is 3.07. The van der Waals surface area contributed by atoms with E-state index in [0.29, 0.717) is 0 Å². The van der Waals surface area contributed by atoms with E-state index in [-0.39, 0.29) is 118 Å². The molecule has 0 aromatic carbocycles. The molecule has 2 nitrogen and oxygen atoms in total. The van der Waals surface area contributed by atoms with Crippen molar-refractivity contribution in [1.82, 2.24) is 0 Å². The summed E-state index contributed by atoms with van der Waals surface area (Å²) in [6, 6.07) is 0. The van der Waals surface area contributed by atoms with Crippen molar-refractivity contribution < 1.29 is 35.8 Å². The van der Waals surface area contributed by atoms with Crippen LogP contribution in [-0.2, 0) is 11.0 Å². The van der Waals surface area contributed by atoms with Gasteiger partial charge in [0.2, 0.25) is 0 Å². The van der Waals surface area contributed by atoms with E-state index in [4.69, 9.17) is 0 Å². The maximum Gasteiger partial charge on any atom is 2.00 e. The molecule has 0 saturated heterocycles. The molecule has 7 heavy (non-hydrogen) atoms. The molecule has 0 heterocycles. The molecule has 0 spiro atoms. The summed E-state index contributed by atoms with van der Waals surface area (Å²) in [6.45, 7) is 0. The molecule has 0 aliphatic rings. The Morgan fingerprint density at radius 1 is 0.429 bits per heavy atom. The third kappa shape index (κ3) is 45.9. The molecule has 6 radical (unpaired) electrons. The van der Waals surface area contributed by atoms with Gasteiger partial charge < -0.3 is 35.8 Å². The van der Waals surface area contributed by atoms with Crippen LogP contribution < -0.4 is 24.8 Å². The van der Waals surface area contributed by atoms with Crippen LogP contribution in [0.2, 0.25) is 0 Å². The maximum atomic E-state index is 0.